The zero-order valence-corrected chi connectivity index (χ0v) is 13.2. The Balaban J connectivity index is 0. The number of carbonyl (C=O) groups excluding carboxylic acids is 1. The van der Waals surface area contributed by atoms with Gasteiger partial charge >= 0.3 is 0 Å². The van der Waals surface area contributed by atoms with Gasteiger partial charge in [-0.25, -0.2) is 0 Å². The number of hydrogen-bond donors (Lipinski definition) is 2. The molecule has 0 aromatic heterocycles. The van der Waals surface area contributed by atoms with Gasteiger partial charge in [0.1, 0.15) is 0 Å². The van der Waals surface area contributed by atoms with Crippen molar-refractivity contribution in [3.63, 3.8) is 0 Å². The molecule has 1 rings (SSSR count). The van der Waals surface area contributed by atoms with Crippen LogP contribution in [0, 0.1) is 5.41 Å². The highest BCUT2D eigenvalue weighted by Crippen LogP contribution is 2.15. The van der Waals surface area contributed by atoms with E-state index in [-0.39, 0.29) is 30.7 Å². The van der Waals surface area contributed by atoms with Crippen molar-refractivity contribution in [3.8, 4) is 0 Å². The zero-order chi connectivity index (χ0) is 12.2. The summed E-state index contributed by atoms with van der Waals surface area (Å²) in [4.78, 5) is 14.3. The van der Waals surface area contributed by atoms with Gasteiger partial charge < -0.3 is 16.0 Å². The molecule has 0 bridgehead atoms. The van der Waals surface area contributed by atoms with Gasteiger partial charge in [-0.1, -0.05) is 6.92 Å². The molecule has 0 radical (unpaired) electrons. The second-order valence-electron chi connectivity index (χ2n) is 5.27. The molecule has 0 aromatic carbocycles. The van der Waals surface area contributed by atoms with E-state index in [2.05, 4.69) is 17.1 Å². The molecule has 1 fully saturated rings. The quantitative estimate of drug-likeness (QED) is 0.825. The Bertz CT molecular complexity index is 241. The summed E-state index contributed by atoms with van der Waals surface area (Å²) in [5, 5.41) is 3.11. The lowest BCUT2D eigenvalue weighted by Gasteiger charge is -2.33. The molecule has 0 aliphatic carbocycles. The van der Waals surface area contributed by atoms with Crippen LogP contribution in [0.3, 0.4) is 0 Å². The minimum absolute atomic E-state index is 0. The van der Waals surface area contributed by atoms with Gasteiger partial charge in [-0.3, -0.25) is 4.79 Å². The van der Waals surface area contributed by atoms with E-state index in [4.69, 9.17) is 5.73 Å². The van der Waals surface area contributed by atoms with Crippen molar-refractivity contribution in [2.45, 2.75) is 39.7 Å². The average molecular weight is 300 g/mol. The van der Waals surface area contributed by atoms with Gasteiger partial charge in [-0.05, 0) is 33.2 Å². The number of nitrogens with two attached hydrogens (primary N) is 1. The molecular weight excluding hydrogens is 273 g/mol. The first kappa shape index (κ1) is 20.3. The number of piperidine rings is 1. The molecule has 0 atom stereocenters. The van der Waals surface area contributed by atoms with Gasteiger partial charge in [-0.2, -0.15) is 0 Å². The van der Waals surface area contributed by atoms with Crippen LogP contribution in [0.25, 0.3) is 0 Å². The van der Waals surface area contributed by atoms with Crippen molar-refractivity contribution in [3.05, 3.63) is 0 Å². The summed E-state index contributed by atoms with van der Waals surface area (Å²) in [6.07, 6.45) is 2.11. The van der Waals surface area contributed by atoms with E-state index in [0.29, 0.717) is 12.6 Å². The van der Waals surface area contributed by atoms with E-state index >= 15 is 0 Å². The number of carbonyl (C=O) groups is 1. The standard InChI is InChI=1S/C12H25N3O.2ClH/c1-4-15-7-5-10(6-8-15)14-11(16)12(2,3)9-13;;/h10H,4-9,13H2,1-3H3,(H,14,16);2*1H. The van der Waals surface area contributed by atoms with Crippen LogP contribution >= 0.6 is 24.8 Å². The third-order valence-corrected chi connectivity index (χ3v) is 3.50. The minimum Gasteiger partial charge on any atom is -0.353 e. The van der Waals surface area contributed by atoms with Crippen LogP contribution < -0.4 is 11.1 Å². The number of hydrogen-bond acceptors (Lipinski definition) is 3. The lowest BCUT2D eigenvalue weighted by atomic mass is 9.91. The first-order valence-electron chi connectivity index (χ1n) is 6.23. The average Bonchev–Trinajstić information content (AvgIpc) is 2.30. The molecule has 0 saturated carbocycles. The number of nitrogens with one attached hydrogen (secondary N) is 1. The van der Waals surface area contributed by atoms with Crippen LogP contribution in [0.5, 0.6) is 0 Å². The molecule has 110 valence electrons. The van der Waals surface area contributed by atoms with Crippen LogP contribution in [0.4, 0.5) is 0 Å². The second kappa shape index (κ2) is 8.97. The summed E-state index contributed by atoms with van der Waals surface area (Å²) in [5.41, 5.74) is 5.14. The highest BCUT2D eigenvalue weighted by molar-refractivity contribution is 5.85. The summed E-state index contributed by atoms with van der Waals surface area (Å²) in [6.45, 7) is 9.64. The van der Waals surface area contributed by atoms with Crippen LogP contribution in [-0.4, -0.2) is 43.0 Å². The summed E-state index contributed by atoms with van der Waals surface area (Å²) < 4.78 is 0. The van der Waals surface area contributed by atoms with Crippen LogP contribution in [-0.2, 0) is 4.79 Å². The predicted octanol–water partition coefficient (Wildman–Crippen LogP) is 1.42. The molecule has 18 heavy (non-hydrogen) atoms. The van der Waals surface area contributed by atoms with Crippen molar-refractivity contribution in [2.24, 2.45) is 11.1 Å². The topological polar surface area (TPSA) is 58.4 Å². The molecule has 3 N–H and O–H groups in total. The molecule has 1 heterocycles. The first-order chi connectivity index (χ1) is 7.49. The molecule has 0 spiro atoms. The fraction of sp³-hybridized carbons (Fsp3) is 0.917. The highest BCUT2D eigenvalue weighted by Gasteiger charge is 2.28. The lowest BCUT2D eigenvalue weighted by Crippen LogP contribution is -2.50. The molecular formula is C12H27Cl2N3O. The van der Waals surface area contributed by atoms with Crippen molar-refractivity contribution >= 4 is 30.7 Å². The van der Waals surface area contributed by atoms with Gasteiger partial charge in [0.25, 0.3) is 0 Å². The SMILES string of the molecule is CCN1CCC(NC(=O)C(C)(C)CN)CC1.Cl.Cl. The summed E-state index contributed by atoms with van der Waals surface area (Å²) in [5.74, 6) is 0.0879. The van der Waals surface area contributed by atoms with Gasteiger partial charge in [-0.15, -0.1) is 24.8 Å². The first-order valence-corrected chi connectivity index (χ1v) is 6.23. The maximum Gasteiger partial charge on any atom is 0.227 e. The van der Waals surface area contributed by atoms with Gasteiger partial charge in [0.05, 0.1) is 5.41 Å². The highest BCUT2D eigenvalue weighted by atomic mass is 35.5. The fourth-order valence-corrected chi connectivity index (χ4v) is 1.87. The molecule has 1 amide bonds. The number of likely N-dealkylation sites (tertiary alicyclic amines) is 1. The molecule has 1 aliphatic heterocycles. The van der Waals surface area contributed by atoms with E-state index < -0.39 is 5.41 Å². The predicted molar refractivity (Wildman–Crippen MR) is 80.6 cm³/mol. The van der Waals surface area contributed by atoms with Gasteiger partial charge in [0.2, 0.25) is 5.91 Å². The van der Waals surface area contributed by atoms with Gasteiger partial charge in [0, 0.05) is 25.7 Å². The third kappa shape index (κ3) is 5.74. The monoisotopic (exact) mass is 299 g/mol. The number of amides is 1. The molecule has 6 heteroatoms. The zero-order valence-electron chi connectivity index (χ0n) is 11.6. The Morgan fingerprint density at radius 3 is 2.22 bits per heavy atom. The molecule has 0 aromatic rings. The Hall–Kier alpha value is -0.0300. The minimum atomic E-state index is -0.443. The maximum absolute atomic E-state index is 11.9. The number of rotatable bonds is 4. The van der Waals surface area contributed by atoms with Crippen molar-refractivity contribution in [1.29, 1.82) is 0 Å². The summed E-state index contributed by atoms with van der Waals surface area (Å²) in [6, 6.07) is 0.334. The normalized spacial score (nSPS) is 17.6. The van der Waals surface area contributed by atoms with E-state index in [0.717, 1.165) is 32.5 Å². The van der Waals surface area contributed by atoms with E-state index in [1.165, 1.54) is 0 Å². The summed E-state index contributed by atoms with van der Waals surface area (Å²) >= 11 is 0. The van der Waals surface area contributed by atoms with Crippen molar-refractivity contribution in [1.82, 2.24) is 10.2 Å². The summed E-state index contributed by atoms with van der Waals surface area (Å²) in [7, 11) is 0. The Morgan fingerprint density at radius 2 is 1.83 bits per heavy atom. The second-order valence-corrected chi connectivity index (χ2v) is 5.27. The molecule has 1 saturated heterocycles. The maximum atomic E-state index is 11.9. The van der Waals surface area contributed by atoms with E-state index in [1.54, 1.807) is 0 Å². The fourth-order valence-electron chi connectivity index (χ4n) is 1.87. The van der Waals surface area contributed by atoms with Crippen LogP contribution in [0.2, 0.25) is 0 Å². The third-order valence-electron chi connectivity index (χ3n) is 3.50. The van der Waals surface area contributed by atoms with Crippen LogP contribution in [0.1, 0.15) is 33.6 Å². The molecule has 4 nitrogen and oxygen atoms in total. The number of nitrogens with zero attached hydrogens (tertiary/aromatic N) is 1. The molecule has 0 unspecified atom stereocenters. The van der Waals surface area contributed by atoms with E-state index in [9.17, 15) is 4.79 Å². The Morgan fingerprint density at radius 1 is 1.33 bits per heavy atom. The van der Waals surface area contributed by atoms with Crippen LogP contribution in [0.15, 0.2) is 0 Å². The largest absolute Gasteiger partial charge is 0.353 e. The lowest BCUT2D eigenvalue weighted by molar-refractivity contribution is -0.129. The smallest absolute Gasteiger partial charge is 0.227 e. The van der Waals surface area contributed by atoms with Gasteiger partial charge in [0.15, 0.2) is 0 Å². The Kier molecular flexibility index (Phi) is 10.1. The molecule has 1 aliphatic rings. The Labute approximate surface area is 123 Å². The van der Waals surface area contributed by atoms with Crippen molar-refractivity contribution in [2.75, 3.05) is 26.2 Å². The number of halogens is 2. The van der Waals surface area contributed by atoms with E-state index in [1.807, 2.05) is 13.8 Å². The van der Waals surface area contributed by atoms with Crippen molar-refractivity contribution < 1.29 is 4.79 Å².